The summed E-state index contributed by atoms with van der Waals surface area (Å²) in [6.45, 7) is 3.51. The lowest BCUT2D eigenvalue weighted by Gasteiger charge is -2.13. The molecule has 0 aliphatic rings. The molecule has 1 aromatic carbocycles. The topological polar surface area (TPSA) is 59.3 Å². The second kappa shape index (κ2) is 5.89. The first kappa shape index (κ1) is 15.6. The lowest BCUT2D eigenvalue weighted by atomic mass is 10.3. The maximum absolute atomic E-state index is 12.3. The summed E-state index contributed by atoms with van der Waals surface area (Å²) in [5.41, 5.74) is 0. The number of sulfonamides is 1. The van der Waals surface area contributed by atoms with Gasteiger partial charge in [0.15, 0.2) is 0 Å². The lowest BCUT2D eigenvalue weighted by molar-refractivity contribution is 0.441. The Morgan fingerprint density at radius 3 is 2.55 bits per heavy atom. The van der Waals surface area contributed by atoms with Gasteiger partial charge in [-0.1, -0.05) is 27.5 Å². The van der Waals surface area contributed by atoms with Gasteiger partial charge in [-0.2, -0.15) is 0 Å². The standard InChI is InChI=1S/C13H13BrClNO3S/c1-8-3-5-12(19-8)9(2)16-20(17,18)13-6-4-10(14)7-11(13)15/h3-7,9,16H,1-2H3. The van der Waals surface area contributed by atoms with Gasteiger partial charge in [0.2, 0.25) is 10.0 Å². The van der Waals surface area contributed by atoms with E-state index in [2.05, 4.69) is 20.7 Å². The summed E-state index contributed by atoms with van der Waals surface area (Å²) in [4.78, 5) is 0.0393. The quantitative estimate of drug-likeness (QED) is 0.873. The number of rotatable bonds is 4. The van der Waals surface area contributed by atoms with Gasteiger partial charge in [-0.3, -0.25) is 0 Å². The zero-order chi connectivity index (χ0) is 14.9. The third kappa shape index (κ3) is 3.44. The van der Waals surface area contributed by atoms with Crippen LogP contribution in [0.2, 0.25) is 5.02 Å². The van der Waals surface area contributed by atoms with E-state index < -0.39 is 16.1 Å². The van der Waals surface area contributed by atoms with Crippen molar-refractivity contribution in [2.75, 3.05) is 0 Å². The van der Waals surface area contributed by atoms with Gasteiger partial charge >= 0.3 is 0 Å². The van der Waals surface area contributed by atoms with E-state index >= 15 is 0 Å². The lowest BCUT2D eigenvalue weighted by Crippen LogP contribution is -2.26. The molecule has 4 nitrogen and oxygen atoms in total. The first-order valence-electron chi connectivity index (χ1n) is 5.83. The van der Waals surface area contributed by atoms with Gasteiger partial charge in [0.05, 0.1) is 11.1 Å². The van der Waals surface area contributed by atoms with Crippen molar-refractivity contribution < 1.29 is 12.8 Å². The van der Waals surface area contributed by atoms with E-state index in [1.807, 2.05) is 0 Å². The summed E-state index contributed by atoms with van der Waals surface area (Å²) in [5.74, 6) is 1.28. The maximum Gasteiger partial charge on any atom is 0.242 e. The molecule has 0 saturated carbocycles. The molecule has 1 aromatic heterocycles. The minimum atomic E-state index is -3.71. The third-order valence-electron chi connectivity index (χ3n) is 2.70. The number of hydrogen-bond donors (Lipinski definition) is 1. The van der Waals surface area contributed by atoms with Gasteiger partial charge in [0.25, 0.3) is 0 Å². The first-order chi connectivity index (χ1) is 9.29. The molecule has 0 saturated heterocycles. The summed E-state index contributed by atoms with van der Waals surface area (Å²) >= 11 is 9.21. The van der Waals surface area contributed by atoms with Gasteiger partial charge in [0, 0.05) is 4.47 Å². The molecule has 0 fully saturated rings. The van der Waals surface area contributed by atoms with Crippen molar-refractivity contribution in [3.8, 4) is 0 Å². The van der Waals surface area contributed by atoms with Crippen LogP contribution in [0.25, 0.3) is 0 Å². The second-order valence-corrected chi connectivity index (χ2v) is 7.37. The summed E-state index contributed by atoms with van der Waals surface area (Å²) in [5, 5.41) is 0.162. The molecule has 0 amide bonds. The molecule has 1 atom stereocenters. The van der Waals surface area contributed by atoms with E-state index in [-0.39, 0.29) is 9.92 Å². The highest BCUT2D eigenvalue weighted by molar-refractivity contribution is 9.10. The second-order valence-electron chi connectivity index (χ2n) is 4.37. The number of aryl methyl sites for hydroxylation is 1. The van der Waals surface area contributed by atoms with Gasteiger partial charge in [-0.15, -0.1) is 0 Å². The summed E-state index contributed by atoms with van der Waals surface area (Å²) in [6.07, 6.45) is 0. The Bertz CT molecular complexity index is 727. The Labute approximate surface area is 131 Å². The van der Waals surface area contributed by atoms with Crippen LogP contribution in [0.1, 0.15) is 24.5 Å². The Hall–Kier alpha value is -0.820. The molecule has 0 bridgehead atoms. The molecule has 0 aliphatic heterocycles. The minimum Gasteiger partial charge on any atom is -0.465 e. The van der Waals surface area contributed by atoms with E-state index in [1.54, 1.807) is 32.0 Å². The molecule has 1 unspecified atom stereocenters. The molecule has 20 heavy (non-hydrogen) atoms. The summed E-state index contributed by atoms with van der Waals surface area (Å²) < 4.78 is 33.3. The molecule has 0 radical (unpaired) electrons. The van der Waals surface area contributed by atoms with Crippen molar-refractivity contribution in [1.29, 1.82) is 0 Å². The van der Waals surface area contributed by atoms with Crippen molar-refractivity contribution in [2.45, 2.75) is 24.8 Å². The molecular formula is C13H13BrClNO3S. The SMILES string of the molecule is Cc1ccc(C(C)NS(=O)(=O)c2ccc(Br)cc2Cl)o1. The van der Waals surface area contributed by atoms with Gasteiger partial charge < -0.3 is 4.42 Å². The number of benzene rings is 1. The fraction of sp³-hybridized carbons (Fsp3) is 0.231. The highest BCUT2D eigenvalue weighted by atomic mass is 79.9. The highest BCUT2D eigenvalue weighted by Crippen LogP contribution is 2.26. The van der Waals surface area contributed by atoms with Crippen LogP contribution in [-0.4, -0.2) is 8.42 Å². The number of nitrogens with one attached hydrogen (secondary N) is 1. The predicted molar refractivity (Wildman–Crippen MR) is 81.3 cm³/mol. The summed E-state index contributed by atoms with van der Waals surface area (Å²) in [7, 11) is -3.71. The van der Waals surface area contributed by atoms with Crippen LogP contribution in [0.3, 0.4) is 0 Å². The van der Waals surface area contributed by atoms with E-state index in [1.165, 1.54) is 12.1 Å². The third-order valence-corrected chi connectivity index (χ3v) is 5.22. The monoisotopic (exact) mass is 377 g/mol. The van der Waals surface area contributed by atoms with Crippen LogP contribution in [0.15, 0.2) is 44.1 Å². The minimum absolute atomic E-state index is 0.0393. The molecule has 7 heteroatoms. The Morgan fingerprint density at radius 2 is 2.00 bits per heavy atom. The average Bonchev–Trinajstić information content (AvgIpc) is 2.74. The van der Waals surface area contributed by atoms with E-state index in [0.717, 1.165) is 10.2 Å². The van der Waals surface area contributed by atoms with E-state index in [9.17, 15) is 8.42 Å². The van der Waals surface area contributed by atoms with Crippen LogP contribution >= 0.6 is 27.5 Å². The normalized spacial score (nSPS) is 13.4. The smallest absolute Gasteiger partial charge is 0.242 e. The molecular weight excluding hydrogens is 366 g/mol. The molecule has 2 aromatic rings. The molecule has 1 heterocycles. The van der Waals surface area contributed by atoms with Gasteiger partial charge in [-0.05, 0) is 44.2 Å². The molecule has 0 aliphatic carbocycles. The van der Waals surface area contributed by atoms with Crippen LogP contribution in [0.5, 0.6) is 0 Å². The fourth-order valence-corrected chi connectivity index (χ4v) is 3.98. The van der Waals surface area contributed by atoms with Crippen molar-refractivity contribution in [1.82, 2.24) is 4.72 Å². The first-order valence-corrected chi connectivity index (χ1v) is 8.49. The van der Waals surface area contributed by atoms with Crippen LogP contribution in [-0.2, 0) is 10.0 Å². The van der Waals surface area contributed by atoms with Crippen molar-refractivity contribution in [3.05, 3.63) is 51.3 Å². The maximum atomic E-state index is 12.3. The Balaban J connectivity index is 2.27. The number of halogens is 2. The summed E-state index contributed by atoms with van der Waals surface area (Å²) in [6, 6.07) is 7.67. The molecule has 2 rings (SSSR count). The fourth-order valence-electron chi connectivity index (χ4n) is 1.73. The van der Waals surface area contributed by atoms with E-state index in [0.29, 0.717) is 5.76 Å². The molecule has 108 valence electrons. The largest absolute Gasteiger partial charge is 0.465 e. The van der Waals surface area contributed by atoms with E-state index in [4.69, 9.17) is 16.0 Å². The van der Waals surface area contributed by atoms with Crippen molar-refractivity contribution in [2.24, 2.45) is 0 Å². The van der Waals surface area contributed by atoms with Crippen LogP contribution < -0.4 is 4.72 Å². The van der Waals surface area contributed by atoms with Crippen molar-refractivity contribution in [3.63, 3.8) is 0 Å². The van der Waals surface area contributed by atoms with Crippen LogP contribution in [0.4, 0.5) is 0 Å². The Kier molecular flexibility index (Phi) is 4.59. The highest BCUT2D eigenvalue weighted by Gasteiger charge is 2.22. The average molecular weight is 379 g/mol. The molecule has 1 N–H and O–H groups in total. The number of hydrogen-bond acceptors (Lipinski definition) is 3. The predicted octanol–water partition coefficient (Wildman–Crippen LogP) is 4.04. The Morgan fingerprint density at radius 1 is 1.30 bits per heavy atom. The number of furan rings is 1. The zero-order valence-corrected chi connectivity index (χ0v) is 14.0. The van der Waals surface area contributed by atoms with Crippen LogP contribution in [0, 0.1) is 6.92 Å². The van der Waals surface area contributed by atoms with Gasteiger partial charge in [0.1, 0.15) is 16.4 Å². The molecule has 0 spiro atoms. The zero-order valence-electron chi connectivity index (χ0n) is 10.9. The van der Waals surface area contributed by atoms with Crippen molar-refractivity contribution >= 4 is 37.6 Å². The van der Waals surface area contributed by atoms with Gasteiger partial charge in [-0.25, -0.2) is 13.1 Å².